The molecule has 0 aliphatic carbocycles. The second-order valence-electron chi connectivity index (χ2n) is 8.44. The molecule has 33 heavy (non-hydrogen) atoms. The van der Waals surface area contributed by atoms with Gasteiger partial charge in [0.25, 0.3) is 11.5 Å². The molecule has 0 unspecified atom stereocenters. The zero-order chi connectivity index (χ0) is 23.5. The quantitative estimate of drug-likeness (QED) is 0.442. The first kappa shape index (κ1) is 22.3. The van der Waals surface area contributed by atoms with E-state index in [1.807, 2.05) is 87.5 Å². The van der Waals surface area contributed by atoms with E-state index >= 15 is 0 Å². The molecule has 168 valence electrons. The zero-order valence-corrected chi connectivity index (χ0v) is 19.4. The zero-order valence-electron chi connectivity index (χ0n) is 19.4. The minimum atomic E-state index is -0.173. The highest BCUT2D eigenvalue weighted by Crippen LogP contribution is 2.22. The van der Waals surface area contributed by atoms with Crippen LogP contribution < -0.4 is 10.3 Å². The molecular formula is C28H28N2O3. The van der Waals surface area contributed by atoms with Crippen LogP contribution in [0.25, 0.3) is 10.9 Å². The van der Waals surface area contributed by atoms with Gasteiger partial charge in [-0.15, -0.1) is 0 Å². The first-order valence-electron chi connectivity index (χ1n) is 11.0. The molecular weight excluding hydrogens is 412 g/mol. The van der Waals surface area contributed by atoms with Crippen molar-refractivity contribution in [1.82, 2.24) is 9.88 Å². The van der Waals surface area contributed by atoms with Crippen LogP contribution in [0.1, 0.15) is 38.2 Å². The van der Waals surface area contributed by atoms with E-state index < -0.39 is 0 Å². The topological polar surface area (TPSA) is 62.4 Å². The van der Waals surface area contributed by atoms with E-state index in [-0.39, 0.29) is 18.0 Å². The highest BCUT2D eigenvalue weighted by Gasteiger charge is 2.20. The largest absolute Gasteiger partial charge is 0.497 e. The van der Waals surface area contributed by atoms with Gasteiger partial charge in [0.15, 0.2) is 0 Å². The molecule has 1 N–H and O–H groups in total. The number of aromatic amines is 1. The van der Waals surface area contributed by atoms with Crippen molar-refractivity contribution < 1.29 is 9.53 Å². The predicted molar refractivity (Wildman–Crippen MR) is 132 cm³/mol. The number of aryl methyl sites for hydroxylation is 3. The Kier molecular flexibility index (Phi) is 6.31. The molecule has 0 saturated heterocycles. The fourth-order valence-electron chi connectivity index (χ4n) is 4.08. The molecule has 0 aliphatic heterocycles. The Hall–Kier alpha value is -3.86. The third kappa shape index (κ3) is 4.67. The molecule has 3 aromatic carbocycles. The van der Waals surface area contributed by atoms with E-state index in [2.05, 4.69) is 4.98 Å². The molecule has 0 saturated carbocycles. The van der Waals surface area contributed by atoms with Crippen molar-refractivity contribution in [2.24, 2.45) is 0 Å². The molecule has 0 aliphatic rings. The Labute approximate surface area is 193 Å². The number of fused-ring (bicyclic) bond motifs is 1. The van der Waals surface area contributed by atoms with E-state index in [0.29, 0.717) is 17.7 Å². The number of benzene rings is 3. The Morgan fingerprint density at radius 3 is 2.27 bits per heavy atom. The Balaban J connectivity index is 1.75. The average molecular weight is 441 g/mol. The summed E-state index contributed by atoms with van der Waals surface area (Å²) in [4.78, 5) is 31.3. The van der Waals surface area contributed by atoms with Crippen LogP contribution in [0.4, 0.5) is 0 Å². The van der Waals surface area contributed by atoms with Gasteiger partial charge in [-0.2, -0.15) is 0 Å². The first-order valence-corrected chi connectivity index (χ1v) is 11.0. The third-order valence-electron chi connectivity index (χ3n) is 6.08. The van der Waals surface area contributed by atoms with Crippen LogP contribution in [0.3, 0.4) is 0 Å². The van der Waals surface area contributed by atoms with Crippen LogP contribution in [0, 0.1) is 20.8 Å². The second kappa shape index (κ2) is 9.33. The smallest absolute Gasteiger partial charge is 0.254 e. The van der Waals surface area contributed by atoms with Crippen LogP contribution in [0.2, 0.25) is 0 Å². The summed E-state index contributed by atoms with van der Waals surface area (Å²) in [6, 6.07) is 21.1. The average Bonchev–Trinajstić information content (AvgIpc) is 2.82. The summed E-state index contributed by atoms with van der Waals surface area (Å²) in [6.07, 6.45) is 0. The number of rotatable bonds is 6. The normalized spacial score (nSPS) is 10.9. The number of nitrogens with zero attached hydrogens (tertiary/aromatic N) is 1. The number of hydrogen-bond acceptors (Lipinski definition) is 3. The van der Waals surface area contributed by atoms with Crippen LogP contribution in [0.15, 0.2) is 71.5 Å². The SMILES string of the molecule is COc1ccc(CN(Cc2cc3c(C)ccc(C)c3[nH]c2=O)C(=O)c2ccccc2C)cc1. The number of pyridine rings is 1. The molecule has 0 atom stereocenters. The molecule has 0 bridgehead atoms. The van der Waals surface area contributed by atoms with Gasteiger partial charge in [0, 0.05) is 23.1 Å². The number of ether oxygens (including phenoxy) is 1. The lowest BCUT2D eigenvalue weighted by atomic mass is 10.0. The fourth-order valence-corrected chi connectivity index (χ4v) is 4.08. The van der Waals surface area contributed by atoms with Crippen LogP contribution in [0.5, 0.6) is 5.75 Å². The van der Waals surface area contributed by atoms with Crippen LogP contribution in [-0.4, -0.2) is 22.9 Å². The van der Waals surface area contributed by atoms with Crippen molar-refractivity contribution in [3.05, 3.63) is 110 Å². The van der Waals surface area contributed by atoms with Crippen molar-refractivity contribution in [3.8, 4) is 5.75 Å². The number of aromatic nitrogens is 1. The van der Waals surface area contributed by atoms with Gasteiger partial charge in [-0.1, -0.05) is 42.5 Å². The molecule has 0 radical (unpaired) electrons. The van der Waals surface area contributed by atoms with Gasteiger partial charge >= 0.3 is 0 Å². The summed E-state index contributed by atoms with van der Waals surface area (Å²) in [7, 11) is 1.62. The molecule has 5 heteroatoms. The summed E-state index contributed by atoms with van der Waals surface area (Å²) in [5.74, 6) is 0.650. The Morgan fingerprint density at radius 1 is 0.879 bits per heavy atom. The molecule has 1 heterocycles. The lowest BCUT2D eigenvalue weighted by molar-refractivity contribution is 0.0728. The predicted octanol–water partition coefficient (Wildman–Crippen LogP) is 5.30. The monoisotopic (exact) mass is 440 g/mol. The summed E-state index contributed by atoms with van der Waals surface area (Å²) in [5, 5.41) is 0.998. The van der Waals surface area contributed by atoms with Crippen molar-refractivity contribution in [3.63, 3.8) is 0 Å². The van der Waals surface area contributed by atoms with Crippen molar-refractivity contribution >= 4 is 16.8 Å². The number of carbonyl (C=O) groups excluding carboxylic acids is 1. The maximum absolute atomic E-state index is 13.6. The van der Waals surface area contributed by atoms with Gasteiger partial charge in [-0.05, 0) is 67.3 Å². The minimum absolute atomic E-state index is 0.107. The van der Waals surface area contributed by atoms with Crippen molar-refractivity contribution in [1.29, 1.82) is 0 Å². The summed E-state index contributed by atoms with van der Waals surface area (Å²) in [5.41, 5.74) is 5.83. The van der Waals surface area contributed by atoms with Gasteiger partial charge in [0.1, 0.15) is 5.75 Å². The van der Waals surface area contributed by atoms with Gasteiger partial charge in [0.2, 0.25) is 0 Å². The van der Waals surface area contributed by atoms with Crippen molar-refractivity contribution in [2.45, 2.75) is 33.9 Å². The molecule has 1 aromatic heterocycles. The number of hydrogen-bond donors (Lipinski definition) is 1. The Morgan fingerprint density at radius 2 is 1.58 bits per heavy atom. The van der Waals surface area contributed by atoms with Gasteiger partial charge in [-0.25, -0.2) is 0 Å². The Bertz CT molecular complexity index is 1370. The van der Waals surface area contributed by atoms with E-state index in [9.17, 15) is 9.59 Å². The second-order valence-corrected chi connectivity index (χ2v) is 8.44. The number of carbonyl (C=O) groups is 1. The van der Waals surface area contributed by atoms with Crippen LogP contribution in [-0.2, 0) is 13.1 Å². The van der Waals surface area contributed by atoms with E-state index in [1.54, 1.807) is 12.0 Å². The van der Waals surface area contributed by atoms with Gasteiger partial charge in [0.05, 0.1) is 19.2 Å². The first-order chi connectivity index (χ1) is 15.9. The lowest BCUT2D eigenvalue weighted by Crippen LogP contribution is -2.33. The van der Waals surface area contributed by atoms with Crippen LogP contribution >= 0.6 is 0 Å². The highest BCUT2D eigenvalue weighted by molar-refractivity contribution is 5.95. The summed E-state index contributed by atoms with van der Waals surface area (Å²) < 4.78 is 5.25. The molecule has 5 nitrogen and oxygen atoms in total. The summed E-state index contributed by atoms with van der Waals surface area (Å²) >= 11 is 0. The lowest BCUT2D eigenvalue weighted by Gasteiger charge is -2.24. The third-order valence-corrected chi connectivity index (χ3v) is 6.08. The molecule has 1 amide bonds. The minimum Gasteiger partial charge on any atom is -0.497 e. The number of H-pyrrole nitrogens is 1. The molecule has 0 spiro atoms. The standard InChI is InChI=1S/C28H28N2O3/c1-18-7-5-6-8-24(18)28(32)30(16-21-11-13-23(33-4)14-12-21)17-22-15-25-19(2)9-10-20(3)26(25)29-27(22)31/h5-15H,16-17H2,1-4H3,(H,29,31). The number of methoxy groups -OCH3 is 1. The highest BCUT2D eigenvalue weighted by atomic mass is 16.5. The maximum Gasteiger partial charge on any atom is 0.254 e. The summed E-state index contributed by atoms with van der Waals surface area (Å²) in [6.45, 7) is 6.51. The van der Waals surface area contributed by atoms with E-state index in [1.165, 1.54) is 0 Å². The van der Waals surface area contributed by atoms with Gasteiger partial charge < -0.3 is 14.6 Å². The molecule has 4 rings (SSSR count). The van der Waals surface area contributed by atoms with Crippen molar-refractivity contribution in [2.75, 3.05) is 7.11 Å². The van der Waals surface area contributed by atoms with E-state index in [0.717, 1.165) is 38.9 Å². The molecule has 0 fully saturated rings. The number of amides is 1. The molecule has 4 aromatic rings. The fraction of sp³-hybridized carbons (Fsp3) is 0.214. The van der Waals surface area contributed by atoms with E-state index in [4.69, 9.17) is 4.74 Å². The number of nitrogens with one attached hydrogen (secondary N) is 1. The maximum atomic E-state index is 13.6. The van der Waals surface area contributed by atoms with Gasteiger partial charge in [-0.3, -0.25) is 9.59 Å².